The van der Waals surface area contributed by atoms with Gasteiger partial charge in [0, 0.05) is 12.4 Å². The number of carbonyl (C=O) groups excluding carboxylic acids is 1. The predicted molar refractivity (Wildman–Crippen MR) is 116 cm³/mol. The molecule has 2 aromatic heterocycles. The summed E-state index contributed by atoms with van der Waals surface area (Å²) in [5.41, 5.74) is 3.53. The van der Waals surface area contributed by atoms with E-state index in [9.17, 15) is 9.59 Å². The van der Waals surface area contributed by atoms with E-state index < -0.39 is 12.0 Å². The predicted octanol–water partition coefficient (Wildman–Crippen LogP) is 2.50. The molecular formula is C23H21N3O3S. The van der Waals surface area contributed by atoms with Gasteiger partial charge in [-0.1, -0.05) is 47.2 Å². The zero-order valence-corrected chi connectivity index (χ0v) is 17.8. The Kier molecular flexibility index (Phi) is 5.46. The second-order valence-electron chi connectivity index (χ2n) is 7.00. The summed E-state index contributed by atoms with van der Waals surface area (Å²) < 4.78 is 7.43. The molecule has 0 saturated heterocycles. The van der Waals surface area contributed by atoms with Gasteiger partial charge in [0.25, 0.3) is 5.56 Å². The van der Waals surface area contributed by atoms with Crippen molar-refractivity contribution in [3.63, 3.8) is 0 Å². The van der Waals surface area contributed by atoms with Crippen LogP contribution in [0.4, 0.5) is 0 Å². The minimum Gasteiger partial charge on any atom is -0.463 e. The molecule has 1 unspecified atom stereocenters. The number of thiazole rings is 1. The molecule has 1 aromatic carbocycles. The van der Waals surface area contributed by atoms with Crippen molar-refractivity contribution in [2.45, 2.75) is 26.8 Å². The van der Waals surface area contributed by atoms with Crippen LogP contribution in [0.5, 0.6) is 0 Å². The molecule has 7 heteroatoms. The molecule has 0 fully saturated rings. The summed E-state index contributed by atoms with van der Waals surface area (Å²) in [4.78, 5) is 35.4. The van der Waals surface area contributed by atoms with E-state index in [1.807, 2.05) is 43.3 Å². The van der Waals surface area contributed by atoms with Crippen molar-refractivity contribution in [1.29, 1.82) is 0 Å². The van der Waals surface area contributed by atoms with Crippen molar-refractivity contribution < 1.29 is 9.53 Å². The fourth-order valence-corrected chi connectivity index (χ4v) is 4.51. The molecular weight excluding hydrogens is 398 g/mol. The molecule has 1 aliphatic heterocycles. The molecule has 0 N–H and O–H groups in total. The zero-order chi connectivity index (χ0) is 21.3. The second kappa shape index (κ2) is 8.20. The Morgan fingerprint density at radius 3 is 2.67 bits per heavy atom. The first kappa shape index (κ1) is 20.0. The minimum absolute atomic E-state index is 0.192. The third-order valence-electron chi connectivity index (χ3n) is 4.89. The van der Waals surface area contributed by atoms with E-state index >= 15 is 0 Å². The van der Waals surface area contributed by atoms with E-state index in [1.165, 1.54) is 11.3 Å². The summed E-state index contributed by atoms with van der Waals surface area (Å²) in [5.74, 6) is -0.453. The summed E-state index contributed by atoms with van der Waals surface area (Å²) in [6.45, 7) is 5.79. The summed E-state index contributed by atoms with van der Waals surface area (Å²) >= 11 is 1.30. The Labute approximate surface area is 177 Å². The molecule has 1 atom stereocenters. The normalized spacial score (nSPS) is 16.2. The molecule has 6 nitrogen and oxygen atoms in total. The molecule has 0 amide bonds. The molecule has 1 aliphatic rings. The van der Waals surface area contributed by atoms with Crippen LogP contribution in [0.1, 0.15) is 36.6 Å². The number of ether oxygens (including phenoxy) is 1. The van der Waals surface area contributed by atoms with Gasteiger partial charge >= 0.3 is 5.97 Å². The van der Waals surface area contributed by atoms with Crippen LogP contribution in [0.25, 0.3) is 6.08 Å². The van der Waals surface area contributed by atoms with E-state index in [0.717, 1.165) is 16.7 Å². The lowest BCUT2D eigenvalue weighted by atomic mass is 9.95. The van der Waals surface area contributed by atoms with Gasteiger partial charge in [0.15, 0.2) is 4.80 Å². The van der Waals surface area contributed by atoms with E-state index in [1.54, 1.807) is 36.9 Å². The number of hydrogen-bond donors (Lipinski definition) is 0. The molecule has 30 heavy (non-hydrogen) atoms. The first-order chi connectivity index (χ1) is 14.5. The summed E-state index contributed by atoms with van der Waals surface area (Å²) in [6.07, 6.45) is 5.18. The Hall–Kier alpha value is -3.32. The first-order valence-electron chi connectivity index (χ1n) is 9.66. The van der Waals surface area contributed by atoms with Crippen molar-refractivity contribution in [3.8, 4) is 0 Å². The molecule has 0 saturated carbocycles. The maximum Gasteiger partial charge on any atom is 0.338 e. The van der Waals surface area contributed by atoms with Crippen molar-refractivity contribution in [2.75, 3.05) is 6.61 Å². The molecule has 4 rings (SSSR count). The fourth-order valence-electron chi connectivity index (χ4n) is 3.47. The average molecular weight is 420 g/mol. The van der Waals surface area contributed by atoms with Crippen LogP contribution in [0.15, 0.2) is 69.8 Å². The molecule has 3 heterocycles. The van der Waals surface area contributed by atoms with Crippen LogP contribution in [-0.2, 0) is 9.53 Å². The van der Waals surface area contributed by atoms with Crippen LogP contribution < -0.4 is 14.9 Å². The lowest BCUT2D eigenvalue weighted by molar-refractivity contribution is -0.139. The summed E-state index contributed by atoms with van der Waals surface area (Å²) in [7, 11) is 0. The highest BCUT2D eigenvalue weighted by atomic mass is 32.1. The van der Waals surface area contributed by atoms with Crippen LogP contribution in [0.3, 0.4) is 0 Å². The van der Waals surface area contributed by atoms with Gasteiger partial charge in [-0.15, -0.1) is 0 Å². The summed E-state index contributed by atoms with van der Waals surface area (Å²) in [5, 5.41) is 0. The van der Waals surface area contributed by atoms with Crippen molar-refractivity contribution in [1.82, 2.24) is 9.55 Å². The van der Waals surface area contributed by atoms with E-state index in [-0.39, 0.29) is 12.2 Å². The lowest BCUT2D eigenvalue weighted by Gasteiger charge is -2.24. The van der Waals surface area contributed by atoms with Gasteiger partial charge in [-0.05, 0) is 44.0 Å². The maximum absolute atomic E-state index is 13.4. The smallest absolute Gasteiger partial charge is 0.338 e. The number of aryl methyl sites for hydroxylation is 1. The minimum atomic E-state index is -0.586. The standard InChI is InChI=1S/C23H21N3O3S/c1-4-29-22(28)19-15(3)25-23-26(20(19)17-9-7-14(2)8-10-17)21(27)18(30-23)12-16-6-5-11-24-13-16/h5-13,20H,4H2,1-3H3/b18-12-. The van der Waals surface area contributed by atoms with Crippen molar-refractivity contribution in [2.24, 2.45) is 4.99 Å². The number of nitrogens with zero attached hydrogens (tertiary/aromatic N) is 3. The van der Waals surface area contributed by atoms with Gasteiger partial charge in [-0.25, -0.2) is 9.79 Å². The number of benzene rings is 1. The number of allylic oxidation sites excluding steroid dienone is 1. The average Bonchev–Trinajstić information content (AvgIpc) is 3.03. The van der Waals surface area contributed by atoms with Crippen LogP contribution in [-0.4, -0.2) is 22.1 Å². The highest BCUT2D eigenvalue weighted by molar-refractivity contribution is 7.07. The highest BCUT2D eigenvalue weighted by Gasteiger charge is 2.33. The third-order valence-corrected chi connectivity index (χ3v) is 5.88. The van der Waals surface area contributed by atoms with Crippen LogP contribution in [0.2, 0.25) is 0 Å². The molecule has 0 aliphatic carbocycles. The van der Waals surface area contributed by atoms with E-state index in [2.05, 4.69) is 9.98 Å². The monoisotopic (exact) mass is 419 g/mol. The van der Waals surface area contributed by atoms with Gasteiger partial charge in [0.1, 0.15) is 0 Å². The highest BCUT2D eigenvalue weighted by Crippen LogP contribution is 2.30. The number of esters is 1. The zero-order valence-electron chi connectivity index (χ0n) is 17.0. The van der Waals surface area contributed by atoms with Crippen molar-refractivity contribution in [3.05, 3.63) is 96.4 Å². The molecule has 0 radical (unpaired) electrons. The number of pyridine rings is 1. The Morgan fingerprint density at radius 2 is 2.00 bits per heavy atom. The molecule has 0 bridgehead atoms. The summed E-state index contributed by atoms with van der Waals surface area (Å²) in [6, 6.07) is 10.9. The Bertz CT molecular complexity index is 1300. The second-order valence-corrected chi connectivity index (χ2v) is 8.01. The Morgan fingerprint density at radius 1 is 1.23 bits per heavy atom. The van der Waals surface area contributed by atoms with Gasteiger partial charge in [0.2, 0.25) is 0 Å². The number of fused-ring (bicyclic) bond motifs is 1. The van der Waals surface area contributed by atoms with Crippen LogP contribution >= 0.6 is 11.3 Å². The number of rotatable bonds is 4. The van der Waals surface area contributed by atoms with Gasteiger partial charge in [0.05, 0.1) is 28.5 Å². The van der Waals surface area contributed by atoms with Gasteiger partial charge in [-0.2, -0.15) is 0 Å². The fraction of sp³-hybridized carbons (Fsp3) is 0.217. The Balaban J connectivity index is 1.96. The molecule has 3 aromatic rings. The number of hydrogen-bond acceptors (Lipinski definition) is 6. The first-order valence-corrected chi connectivity index (χ1v) is 10.5. The van der Waals surface area contributed by atoms with Crippen molar-refractivity contribution >= 4 is 23.4 Å². The topological polar surface area (TPSA) is 73.6 Å². The number of aromatic nitrogens is 2. The van der Waals surface area contributed by atoms with E-state index in [0.29, 0.717) is 20.6 Å². The largest absolute Gasteiger partial charge is 0.463 e. The maximum atomic E-state index is 13.4. The van der Waals surface area contributed by atoms with Gasteiger partial charge in [-0.3, -0.25) is 14.3 Å². The SMILES string of the molecule is CCOC(=O)C1=C(C)N=c2s/c(=C\c3cccnc3)c(=O)n2C1c1ccc(C)cc1. The molecule has 0 spiro atoms. The lowest BCUT2D eigenvalue weighted by Crippen LogP contribution is -2.39. The quantitative estimate of drug-likeness (QED) is 0.609. The third kappa shape index (κ3) is 3.64. The molecule has 152 valence electrons. The number of carbonyl (C=O) groups is 1. The van der Waals surface area contributed by atoms with Gasteiger partial charge < -0.3 is 4.74 Å². The van der Waals surface area contributed by atoms with E-state index in [4.69, 9.17) is 4.74 Å². The van der Waals surface area contributed by atoms with Crippen LogP contribution in [0, 0.1) is 6.92 Å².